The first-order valence-corrected chi connectivity index (χ1v) is 8.20. The van der Waals surface area contributed by atoms with Gasteiger partial charge >= 0.3 is 15.6 Å². The molecule has 0 aliphatic rings. The molecule has 0 N–H and O–H groups in total. The van der Waals surface area contributed by atoms with Gasteiger partial charge in [-0.15, -0.1) is 11.8 Å². The number of methoxy groups -OCH3 is 1. The number of ether oxygens (including phenoxy) is 1. The van der Waals surface area contributed by atoms with Crippen LogP contribution < -0.4 is 8.92 Å². The van der Waals surface area contributed by atoms with Gasteiger partial charge in [0.1, 0.15) is 11.4 Å². The van der Waals surface area contributed by atoms with E-state index in [1.54, 1.807) is 6.26 Å². The number of rotatable bonds is 4. The molecule has 0 unspecified atom stereocenters. The van der Waals surface area contributed by atoms with E-state index >= 15 is 0 Å². The topological polar surface area (TPSA) is 78.4 Å². The van der Waals surface area contributed by atoms with Gasteiger partial charge in [-0.3, -0.25) is 0 Å². The fraction of sp³-hybridized carbons (Fsp3) is 0.273. The Balaban J connectivity index is 2.60. The normalized spacial score (nSPS) is 12.4. The zero-order chi connectivity index (χ0) is 16.5. The number of nitrogens with zero attached hydrogens (tertiary/aromatic N) is 2. The van der Waals surface area contributed by atoms with Gasteiger partial charge in [-0.1, -0.05) is 0 Å². The lowest BCUT2D eigenvalue weighted by Gasteiger charge is -2.13. The molecule has 0 saturated heterocycles. The minimum atomic E-state index is -5.80. The zero-order valence-corrected chi connectivity index (χ0v) is 12.8. The molecule has 22 heavy (non-hydrogen) atoms. The lowest BCUT2D eigenvalue weighted by Crippen LogP contribution is -2.28. The Kier molecular flexibility index (Phi) is 4.38. The molecule has 1 aromatic heterocycles. The largest absolute Gasteiger partial charge is 0.534 e. The molecule has 6 nitrogen and oxygen atoms in total. The summed E-state index contributed by atoms with van der Waals surface area (Å²) in [6.45, 7) is 0. The number of hydrogen-bond acceptors (Lipinski definition) is 7. The SMILES string of the molecule is COc1cc2c(SC)ncnc2cc1OS(=O)(=O)C(F)(F)F. The molecule has 0 spiro atoms. The van der Waals surface area contributed by atoms with Crippen LogP contribution in [0, 0.1) is 0 Å². The van der Waals surface area contributed by atoms with Crippen LogP contribution in [0.3, 0.4) is 0 Å². The van der Waals surface area contributed by atoms with E-state index in [-0.39, 0.29) is 11.3 Å². The second-order valence-electron chi connectivity index (χ2n) is 3.89. The predicted molar refractivity (Wildman–Crippen MR) is 73.5 cm³/mol. The third kappa shape index (κ3) is 3.04. The molecule has 0 aliphatic heterocycles. The monoisotopic (exact) mass is 354 g/mol. The van der Waals surface area contributed by atoms with Crippen LogP contribution in [-0.4, -0.2) is 37.3 Å². The molecule has 2 aromatic rings. The van der Waals surface area contributed by atoms with Crippen molar-refractivity contribution in [2.75, 3.05) is 13.4 Å². The second-order valence-corrected chi connectivity index (χ2v) is 6.22. The highest BCUT2D eigenvalue weighted by Crippen LogP contribution is 2.37. The lowest BCUT2D eigenvalue weighted by molar-refractivity contribution is -0.0500. The van der Waals surface area contributed by atoms with Gasteiger partial charge in [-0.05, 0) is 12.3 Å². The summed E-state index contributed by atoms with van der Waals surface area (Å²) in [5, 5.41) is 1.07. The van der Waals surface area contributed by atoms with E-state index in [4.69, 9.17) is 4.74 Å². The van der Waals surface area contributed by atoms with Gasteiger partial charge in [-0.2, -0.15) is 21.6 Å². The summed E-state index contributed by atoms with van der Waals surface area (Å²) in [5.74, 6) is -0.775. The fourth-order valence-corrected chi connectivity index (χ4v) is 2.59. The van der Waals surface area contributed by atoms with Crippen molar-refractivity contribution in [1.82, 2.24) is 9.97 Å². The van der Waals surface area contributed by atoms with E-state index in [9.17, 15) is 21.6 Å². The molecule has 0 bridgehead atoms. The van der Waals surface area contributed by atoms with Gasteiger partial charge < -0.3 is 8.92 Å². The highest BCUT2D eigenvalue weighted by molar-refractivity contribution is 7.98. The first-order valence-electron chi connectivity index (χ1n) is 5.57. The number of fused-ring (bicyclic) bond motifs is 1. The van der Waals surface area contributed by atoms with Gasteiger partial charge in [0.25, 0.3) is 0 Å². The van der Waals surface area contributed by atoms with E-state index in [2.05, 4.69) is 14.2 Å². The van der Waals surface area contributed by atoms with Gasteiger partial charge in [0.2, 0.25) is 0 Å². The molecule has 120 valence electrons. The number of halogens is 3. The predicted octanol–water partition coefficient (Wildman–Crippen LogP) is 2.59. The third-order valence-electron chi connectivity index (χ3n) is 2.56. The summed E-state index contributed by atoms with van der Waals surface area (Å²) in [6.07, 6.45) is 2.97. The number of alkyl halides is 3. The van der Waals surface area contributed by atoms with E-state index in [0.29, 0.717) is 10.4 Å². The van der Waals surface area contributed by atoms with Gasteiger partial charge in [0.15, 0.2) is 11.5 Å². The molecule has 0 atom stereocenters. The Morgan fingerprint density at radius 3 is 2.41 bits per heavy atom. The van der Waals surface area contributed by atoms with Gasteiger partial charge in [-0.25, -0.2) is 9.97 Å². The Morgan fingerprint density at radius 1 is 1.18 bits per heavy atom. The van der Waals surface area contributed by atoms with Crippen molar-refractivity contribution in [2.45, 2.75) is 10.5 Å². The smallest absolute Gasteiger partial charge is 0.493 e. The van der Waals surface area contributed by atoms with Gasteiger partial charge in [0.05, 0.1) is 12.6 Å². The fourth-order valence-electron chi connectivity index (χ4n) is 1.59. The van der Waals surface area contributed by atoms with Crippen molar-refractivity contribution >= 4 is 32.8 Å². The summed E-state index contributed by atoms with van der Waals surface area (Å²) in [6, 6.07) is 2.38. The minimum absolute atomic E-state index is 0.176. The van der Waals surface area contributed by atoms with E-state index in [0.717, 1.165) is 6.07 Å². The van der Waals surface area contributed by atoms with Crippen molar-refractivity contribution in [3.8, 4) is 11.5 Å². The highest BCUT2D eigenvalue weighted by atomic mass is 32.2. The van der Waals surface area contributed by atoms with Crippen LogP contribution in [0.2, 0.25) is 0 Å². The van der Waals surface area contributed by atoms with Crippen molar-refractivity contribution < 1.29 is 30.5 Å². The molecule has 11 heteroatoms. The Hall–Kier alpha value is -1.75. The van der Waals surface area contributed by atoms with Crippen molar-refractivity contribution in [1.29, 1.82) is 0 Å². The maximum atomic E-state index is 12.4. The van der Waals surface area contributed by atoms with E-state index < -0.39 is 21.4 Å². The molecule has 0 saturated carbocycles. The molecule has 0 fully saturated rings. The molecular formula is C11H9F3N2O4S2. The number of aromatic nitrogens is 2. The van der Waals surface area contributed by atoms with Crippen LogP contribution >= 0.6 is 11.8 Å². The van der Waals surface area contributed by atoms with Crippen LogP contribution in [-0.2, 0) is 10.1 Å². The molecule has 0 radical (unpaired) electrons. The van der Waals surface area contributed by atoms with Crippen molar-refractivity contribution in [3.63, 3.8) is 0 Å². The Bertz CT molecular complexity index is 809. The number of benzene rings is 1. The van der Waals surface area contributed by atoms with Gasteiger partial charge in [0, 0.05) is 11.5 Å². The Labute approximate surface area is 127 Å². The van der Waals surface area contributed by atoms with Crippen LogP contribution in [0.4, 0.5) is 13.2 Å². The summed E-state index contributed by atoms with van der Waals surface area (Å²) in [5.41, 5.74) is -5.31. The number of thioether (sulfide) groups is 1. The molecular weight excluding hydrogens is 345 g/mol. The Morgan fingerprint density at radius 2 is 1.86 bits per heavy atom. The van der Waals surface area contributed by atoms with Crippen molar-refractivity contribution in [2.24, 2.45) is 0 Å². The second kappa shape index (κ2) is 5.80. The summed E-state index contributed by atoms with van der Waals surface area (Å²) in [7, 11) is -4.62. The molecule has 0 aliphatic carbocycles. The average Bonchev–Trinajstić information content (AvgIpc) is 2.44. The minimum Gasteiger partial charge on any atom is -0.493 e. The zero-order valence-electron chi connectivity index (χ0n) is 11.2. The summed E-state index contributed by atoms with van der Waals surface area (Å²) >= 11 is 1.30. The molecule has 1 heterocycles. The quantitative estimate of drug-likeness (QED) is 0.361. The van der Waals surface area contributed by atoms with Crippen LogP contribution in [0.15, 0.2) is 23.5 Å². The number of hydrogen-bond donors (Lipinski definition) is 0. The highest BCUT2D eigenvalue weighted by Gasteiger charge is 2.49. The maximum Gasteiger partial charge on any atom is 0.534 e. The standard InChI is InChI=1S/C11H9F3N2O4S2/c1-19-8-3-6-7(15-5-16-10(6)21-2)4-9(8)20-22(17,18)11(12,13)14/h3-5H,1-2H3. The average molecular weight is 354 g/mol. The lowest BCUT2D eigenvalue weighted by atomic mass is 10.2. The first kappa shape index (κ1) is 16.6. The van der Waals surface area contributed by atoms with Crippen LogP contribution in [0.5, 0.6) is 11.5 Å². The van der Waals surface area contributed by atoms with Crippen molar-refractivity contribution in [3.05, 3.63) is 18.5 Å². The third-order valence-corrected chi connectivity index (χ3v) is 4.24. The van der Waals surface area contributed by atoms with E-state index in [1.807, 2.05) is 0 Å². The summed E-state index contributed by atoms with van der Waals surface area (Å²) in [4.78, 5) is 7.88. The molecule has 2 rings (SSSR count). The maximum absolute atomic E-state index is 12.4. The molecule has 0 amide bonds. The first-order chi connectivity index (χ1) is 10.2. The van der Waals surface area contributed by atoms with Crippen LogP contribution in [0.1, 0.15) is 0 Å². The van der Waals surface area contributed by atoms with Crippen LogP contribution in [0.25, 0.3) is 10.9 Å². The molecule has 1 aromatic carbocycles. The summed E-state index contributed by atoms with van der Waals surface area (Å²) < 4.78 is 68.4. The van der Waals surface area contributed by atoms with E-state index in [1.165, 1.54) is 31.3 Å².